The molecule has 4 heteroatoms. The second-order valence-electron chi connectivity index (χ2n) is 3.90. The summed E-state index contributed by atoms with van der Waals surface area (Å²) in [5, 5.41) is 1.10. The van der Waals surface area contributed by atoms with Gasteiger partial charge in [-0.15, -0.1) is 0 Å². The zero-order valence-electron chi connectivity index (χ0n) is 8.69. The Morgan fingerprint density at radius 2 is 2.12 bits per heavy atom. The first-order chi connectivity index (χ1) is 7.84. The van der Waals surface area contributed by atoms with Crippen LogP contribution in [0.5, 0.6) is 0 Å². The number of hydrogen-bond donors (Lipinski definition) is 0. The molecule has 82 valence electrons. The van der Waals surface area contributed by atoms with Gasteiger partial charge >= 0.3 is 0 Å². The number of fused-ring (bicyclic) bond motifs is 1. The minimum absolute atomic E-state index is 0.129. The van der Waals surface area contributed by atoms with Gasteiger partial charge in [-0.2, -0.15) is 0 Å². The number of hydrogen-bond acceptors (Lipinski definition) is 3. The molecule has 0 radical (unpaired) electrons. The van der Waals surface area contributed by atoms with Crippen LogP contribution in [-0.2, 0) is 4.74 Å². The van der Waals surface area contributed by atoms with Gasteiger partial charge in [-0.25, -0.2) is 9.97 Å². The zero-order chi connectivity index (χ0) is 11.0. The van der Waals surface area contributed by atoms with Crippen LogP contribution in [0, 0.1) is 0 Å². The molecule has 0 spiro atoms. The van der Waals surface area contributed by atoms with Crippen LogP contribution in [-0.4, -0.2) is 16.6 Å². The fourth-order valence-electron chi connectivity index (χ4n) is 2.11. The number of nitrogens with zero attached hydrogens (tertiary/aromatic N) is 2. The van der Waals surface area contributed by atoms with Crippen molar-refractivity contribution in [1.82, 2.24) is 9.97 Å². The third-order valence-electron chi connectivity index (χ3n) is 2.84. The van der Waals surface area contributed by atoms with Gasteiger partial charge in [0.15, 0.2) is 4.73 Å². The molecular weight excluding hydrogens is 268 g/mol. The number of halogens is 1. The molecule has 3 rings (SSSR count). The fourth-order valence-corrected chi connectivity index (χ4v) is 2.49. The maximum atomic E-state index is 5.69. The van der Waals surface area contributed by atoms with E-state index in [-0.39, 0.29) is 6.10 Å². The first-order valence-corrected chi connectivity index (χ1v) is 6.18. The summed E-state index contributed by atoms with van der Waals surface area (Å²) in [5.41, 5.74) is 1.98. The topological polar surface area (TPSA) is 35.0 Å². The molecule has 1 aliphatic heterocycles. The van der Waals surface area contributed by atoms with Crippen LogP contribution in [0.4, 0.5) is 0 Å². The number of para-hydroxylation sites is 1. The average Bonchev–Trinajstić information content (AvgIpc) is 2.81. The Kier molecular flexibility index (Phi) is 2.61. The summed E-state index contributed by atoms with van der Waals surface area (Å²) in [6.45, 7) is 0.834. The average molecular weight is 279 g/mol. The van der Waals surface area contributed by atoms with Crippen molar-refractivity contribution in [3.63, 3.8) is 0 Å². The molecule has 1 aliphatic rings. The van der Waals surface area contributed by atoms with Crippen LogP contribution in [0.25, 0.3) is 10.9 Å². The van der Waals surface area contributed by atoms with Crippen molar-refractivity contribution in [2.45, 2.75) is 18.9 Å². The molecule has 16 heavy (non-hydrogen) atoms. The summed E-state index contributed by atoms with van der Waals surface area (Å²) in [6.07, 6.45) is 2.29. The van der Waals surface area contributed by atoms with E-state index < -0.39 is 0 Å². The summed E-state index contributed by atoms with van der Waals surface area (Å²) in [5.74, 6) is 0. The van der Waals surface area contributed by atoms with E-state index in [1.807, 2.05) is 18.2 Å². The Morgan fingerprint density at radius 3 is 2.94 bits per heavy atom. The second-order valence-corrected chi connectivity index (χ2v) is 4.61. The van der Waals surface area contributed by atoms with Crippen LogP contribution in [0.2, 0.25) is 0 Å². The highest BCUT2D eigenvalue weighted by molar-refractivity contribution is 9.10. The molecule has 0 amide bonds. The monoisotopic (exact) mass is 278 g/mol. The van der Waals surface area contributed by atoms with Gasteiger partial charge in [0.1, 0.15) is 6.10 Å². The van der Waals surface area contributed by atoms with Gasteiger partial charge in [0.25, 0.3) is 0 Å². The van der Waals surface area contributed by atoms with Gasteiger partial charge in [-0.1, -0.05) is 18.2 Å². The molecule has 2 heterocycles. The molecule has 1 saturated heterocycles. The summed E-state index contributed by atoms with van der Waals surface area (Å²) in [6, 6.07) is 8.05. The summed E-state index contributed by atoms with van der Waals surface area (Å²) >= 11 is 3.35. The van der Waals surface area contributed by atoms with E-state index in [0.29, 0.717) is 4.73 Å². The third-order valence-corrected chi connectivity index (χ3v) is 3.19. The van der Waals surface area contributed by atoms with Gasteiger partial charge in [0.2, 0.25) is 0 Å². The predicted octanol–water partition coefficient (Wildman–Crippen LogP) is 3.24. The lowest BCUT2D eigenvalue weighted by Gasteiger charge is -2.11. The Balaban J connectivity index is 2.21. The Bertz CT molecular complexity index is 523. The van der Waals surface area contributed by atoms with Gasteiger partial charge in [0.05, 0.1) is 11.2 Å². The number of benzene rings is 1. The molecule has 0 bridgehead atoms. The van der Waals surface area contributed by atoms with E-state index in [0.717, 1.165) is 36.0 Å². The van der Waals surface area contributed by atoms with Gasteiger partial charge in [0, 0.05) is 12.0 Å². The van der Waals surface area contributed by atoms with E-state index in [1.54, 1.807) is 0 Å². The smallest absolute Gasteiger partial charge is 0.197 e. The molecule has 1 atom stereocenters. The van der Waals surface area contributed by atoms with Crippen molar-refractivity contribution in [3.05, 3.63) is 34.7 Å². The van der Waals surface area contributed by atoms with Gasteiger partial charge in [-0.05, 0) is 34.8 Å². The summed E-state index contributed by atoms with van der Waals surface area (Å²) in [4.78, 5) is 8.82. The van der Waals surface area contributed by atoms with Crippen molar-refractivity contribution >= 4 is 26.8 Å². The molecule has 1 unspecified atom stereocenters. The molecule has 2 aromatic rings. The van der Waals surface area contributed by atoms with Gasteiger partial charge in [-0.3, -0.25) is 0 Å². The first kappa shape index (κ1) is 10.2. The van der Waals surface area contributed by atoms with E-state index in [1.165, 1.54) is 0 Å². The lowest BCUT2D eigenvalue weighted by molar-refractivity contribution is 0.109. The molecule has 1 fully saturated rings. The number of ether oxygens (including phenoxy) is 1. The van der Waals surface area contributed by atoms with Crippen molar-refractivity contribution in [1.29, 1.82) is 0 Å². The Hall–Kier alpha value is -1.00. The molecule has 1 aromatic heterocycles. The summed E-state index contributed by atoms with van der Waals surface area (Å²) in [7, 11) is 0. The molecule has 0 aliphatic carbocycles. The molecular formula is C12H11BrN2O. The maximum absolute atomic E-state index is 5.69. The van der Waals surface area contributed by atoms with Crippen LogP contribution in [0.15, 0.2) is 29.0 Å². The van der Waals surface area contributed by atoms with Crippen molar-refractivity contribution < 1.29 is 4.74 Å². The lowest BCUT2D eigenvalue weighted by atomic mass is 10.1. The quantitative estimate of drug-likeness (QED) is 0.752. The normalized spacial score (nSPS) is 20.4. The Labute approximate surface area is 102 Å². The van der Waals surface area contributed by atoms with Crippen molar-refractivity contribution in [2.24, 2.45) is 0 Å². The SMILES string of the molecule is Brc1nc(C2CCCO2)c2ccccc2n1. The largest absolute Gasteiger partial charge is 0.372 e. The van der Waals surface area contributed by atoms with Crippen LogP contribution >= 0.6 is 15.9 Å². The van der Waals surface area contributed by atoms with Crippen molar-refractivity contribution in [2.75, 3.05) is 6.61 Å². The number of rotatable bonds is 1. The minimum Gasteiger partial charge on any atom is -0.372 e. The Morgan fingerprint density at radius 1 is 1.25 bits per heavy atom. The molecule has 0 saturated carbocycles. The third kappa shape index (κ3) is 1.72. The first-order valence-electron chi connectivity index (χ1n) is 5.38. The highest BCUT2D eigenvalue weighted by Gasteiger charge is 2.22. The highest BCUT2D eigenvalue weighted by atomic mass is 79.9. The predicted molar refractivity (Wildman–Crippen MR) is 65.2 cm³/mol. The molecule has 3 nitrogen and oxygen atoms in total. The van der Waals surface area contributed by atoms with Crippen molar-refractivity contribution in [3.8, 4) is 0 Å². The standard InChI is InChI=1S/C12H11BrN2O/c13-12-14-9-5-2-1-4-8(9)11(15-12)10-6-3-7-16-10/h1-2,4-5,10H,3,6-7H2. The molecule has 1 aromatic carbocycles. The van der Waals surface area contributed by atoms with Crippen LogP contribution in [0.3, 0.4) is 0 Å². The van der Waals surface area contributed by atoms with Crippen LogP contribution in [0.1, 0.15) is 24.6 Å². The van der Waals surface area contributed by atoms with E-state index >= 15 is 0 Å². The summed E-state index contributed by atoms with van der Waals surface area (Å²) < 4.78 is 6.33. The minimum atomic E-state index is 0.129. The highest BCUT2D eigenvalue weighted by Crippen LogP contribution is 2.32. The lowest BCUT2D eigenvalue weighted by Crippen LogP contribution is -2.02. The van der Waals surface area contributed by atoms with E-state index in [4.69, 9.17) is 4.74 Å². The number of aromatic nitrogens is 2. The molecule has 0 N–H and O–H groups in total. The fraction of sp³-hybridized carbons (Fsp3) is 0.333. The maximum Gasteiger partial charge on any atom is 0.197 e. The van der Waals surface area contributed by atoms with Gasteiger partial charge < -0.3 is 4.74 Å². The van der Waals surface area contributed by atoms with E-state index in [2.05, 4.69) is 32.0 Å². The zero-order valence-corrected chi connectivity index (χ0v) is 10.3. The van der Waals surface area contributed by atoms with E-state index in [9.17, 15) is 0 Å². The van der Waals surface area contributed by atoms with Crippen LogP contribution < -0.4 is 0 Å². The second kappa shape index (κ2) is 4.11.